The van der Waals surface area contributed by atoms with Gasteiger partial charge in [-0.25, -0.2) is 8.78 Å². The number of halogens is 2. The number of carbonyl (C=O) groups is 1. The number of nitrogens with two attached hydrogens (primary N) is 1. The van der Waals surface area contributed by atoms with Crippen molar-refractivity contribution in [3.8, 4) is 6.07 Å². The molecule has 0 fully saturated rings. The number of hydrogen-bond donors (Lipinski definition) is 1. The zero-order valence-corrected chi connectivity index (χ0v) is 13.9. The second-order valence-corrected chi connectivity index (χ2v) is 7.09. The van der Waals surface area contributed by atoms with Crippen LogP contribution in [-0.4, -0.2) is 22.0 Å². The molecular weight excluding hydrogens is 330 g/mol. The average molecular weight is 348 g/mol. The number of aromatic nitrogens is 2. The summed E-state index contributed by atoms with van der Waals surface area (Å²) in [5.41, 5.74) is 6.57. The standard InChI is InChI=1S/C17H18F2N4O2/c1-17(2)3-11(24)15-12(4-17)25-16(21)10(5-20)14(15)9-6-22-23(7-9)8-13(18)19/h6-7,13-14H,3-4,8,21H2,1-2H3/t14-/m1/s1. The van der Waals surface area contributed by atoms with E-state index in [9.17, 15) is 18.8 Å². The van der Waals surface area contributed by atoms with Crippen LogP contribution in [0.3, 0.4) is 0 Å². The van der Waals surface area contributed by atoms with Crippen LogP contribution < -0.4 is 5.73 Å². The maximum absolute atomic E-state index is 12.7. The first-order chi connectivity index (χ1) is 11.7. The number of Topliss-reactive ketones (excluding diaryl/α,β-unsaturated/α-hetero) is 1. The summed E-state index contributed by atoms with van der Waals surface area (Å²) in [5.74, 6) is -0.468. The number of nitrogens with zero attached hydrogens (tertiary/aromatic N) is 3. The number of allylic oxidation sites excluding steroid dienone is 3. The molecule has 25 heavy (non-hydrogen) atoms. The molecule has 1 aliphatic heterocycles. The Balaban J connectivity index is 2.08. The van der Waals surface area contributed by atoms with E-state index in [1.165, 1.54) is 12.4 Å². The number of alkyl halides is 2. The Hall–Kier alpha value is -2.69. The van der Waals surface area contributed by atoms with Crippen molar-refractivity contribution in [1.29, 1.82) is 5.26 Å². The Morgan fingerprint density at radius 1 is 1.52 bits per heavy atom. The van der Waals surface area contributed by atoms with Crippen LogP contribution in [0.5, 0.6) is 0 Å². The van der Waals surface area contributed by atoms with Gasteiger partial charge in [0.05, 0.1) is 12.1 Å². The molecule has 0 saturated carbocycles. The van der Waals surface area contributed by atoms with Crippen molar-refractivity contribution < 1.29 is 18.3 Å². The lowest BCUT2D eigenvalue weighted by molar-refractivity contribution is -0.119. The summed E-state index contributed by atoms with van der Waals surface area (Å²) < 4.78 is 31.8. The van der Waals surface area contributed by atoms with E-state index in [0.717, 1.165) is 4.68 Å². The second kappa shape index (κ2) is 5.99. The fourth-order valence-corrected chi connectivity index (χ4v) is 3.39. The van der Waals surface area contributed by atoms with Crippen molar-refractivity contribution >= 4 is 5.78 Å². The molecule has 1 aromatic rings. The topological polar surface area (TPSA) is 93.9 Å². The van der Waals surface area contributed by atoms with E-state index in [2.05, 4.69) is 5.10 Å². The first kappa shape index (κ1) is 17.1. The van der Waals surface area contributed by atoms with Gasteiger partial charge in [-0.15, -0.1) is 0 Å². The lowest BCUT2D eigenvalue weighted by atomic mass is 9.70. The van der Waals surface area contributed by atoms with Gasteiger partial charge in [0.1, 0.15) is 23.9 Å². The molecule has 132 valence electrons. The fraction of sp³-hybridized carbons (Fsp3) is 0.471. The molecule has 0 aromatic carbocycles. The quantitative estimate of drug-likeness (QED) is 0.906. The molecule has 0 amide bonds. The minimum absolute atomic E-state index is 0.0571. The summed E-state index contributed by atoms with van der Waals surface area (Å²) in [4.78, 5) is 12.7. The summed E-state index contributed by atoms with van der Waals surface area (Å²) in [5, 5.41) is 13.4. The molecular formula is C17H18F2N4O2. The molecule has 1 aromatic heterocycles. The molecule has 2 aliphatic rings. The van der Waals surface area contributed by atoms with Crippen LogP contribution in [0.2, 0.25) is 0 Å². The molecule has 0 bridgehead atoms. The third kappa shape index (κ3) is 3.14. The van der Waals surface area contributed by atoms with Gasteiger partial charge in [0.15, 0.2) is 5.78 Å². The largest absolute Gasteiger partial charge is 0.444 e. The van der Waals surface area contributed by atoms with Crippen LogP contribution in [0.15, 0.2) is 35.2 Å². The summed E-state index contributed by atoms with van der Waals surface area (Å²) in [6.45, 7) is 3.35. The maximum Gasteiger partial charge on any atom is 0.257 e. The number of nitriles is 1. The summed E-state index contributed by atoms with van der Waals surface area (Å²) in [6, 6.07) is 1.98. The van der Waals surface area contributed by atoms with Crippen LogP contribution in [0.1, 0.15) is 38.2 Å². The molecule has 0 saturated heterocycles. The molecule has 2 heterocycles. The summed E-state index contributed by atoms with van der Waals surface area (Å²) >= 11 is 0. The molecule has 1 atom stereocenters. The molecule has 6 nitrogen and oxygen atoms in total. The van der Waals surface area contributed by atoms with Gasteiger partial charge >= 0.3 is 0 Å². The van der Waals surface area contributed by atoms with Gasteiger partial charge in [0.2, 0.25) is 5.88 Å². The number of ketones is 1. The zero-order chi connectivity index (χ0) is 18.4. The van der Waals surface area contributed by atoms with Crippen LogP contribution in [-0.2, 0) is 16.1 Å². The van der Waals surface area contributed by atoms with Gasteiger partial charge in [-0.3, -0.25) is 9.48 Å². The minimum atomic E-state index is -2.55. The Morgan fingerprint density at radius 3 is 2.88 bits per heavy atom. The normalized spacial score (nSPS) is 22.7. The Labute approximate surface area is 143 Å². The third-order valence-electron chi connectivity index (χ3n) is 4.39. The van der Waals surface area contributed by atoms with E-state index in [1.807, 2.05) is 19.9 Å². The second-order valence-electron chi connectivity index (χ2n) is 7.09. The maximum atomic E-state index is 12.7. The van der Waals surface area contributed by atoms with E-state index in [0.29, 0.717) is 29.7 Å². The van der Waals surface area contributed by atoms with Gasteiger partial charge in [-0.1, -0.05) is 13.8 Å². The molecule has 0 unspecified atom stereocenters. The highest BCUT2D eigenvalue weighted by Gasteiger charge is 2.43. The van der Waals surface area contributed by atoms with Crippen molar-refractivity contribution in [2.45, 2.75) is 45.6 Å². The first-order valence-corrected chi connectivity index (χ1v) is 7.86. The van der Waals surface area contributed by atoms with E-state index in [-0.39, 0.29) is 22.7 Å². The monoisotopic (exact) mass is 348 g/mol. The van der Waals surface area contributed by atoms with Gasteiger partial charge in [0, 0.05) is 30.2 Å². The third-order valence-corrected chi connectivity index (χ3v) is 4.39. The Kier molecular flexibility index (Phi) is 4.11. The SMILES string of the molecule is CC1(C)CC(=O)C2=C(C1)OC(N)=C(C#N)[C@H]2c1cnn(CC(F)F)c1. The van der Waals surface area contributed by atoms with Gasteiger partial charge in [0.25, 0.3) is 6.43 Å². The van der Waals surface area contributed by atoms with Gasteiger partial charge in [-0.2, -0.15) is 10.4 Å². The number of hydrogen-bond acceptors (Lipinski definition) is 5. The van der Waals surface area contributed by atoms with Crippen LogP contribution in [0.25, 0.3) is 0 Å². The lowest BCUT2D eigenvalue weighted by Gasteiger charge is -2.36. The number of rotatable bonds is 3. The minimum Gasteiger partial charge on any atom is -0.444 e. The Bertz CT molecular complexity index is 830. The summed E-state index contributed by atoms with van der Waals surface area (Å²) in [7, 11) is 0. The average Bonchev–Trinajstić information content (AvgIpc) is 2.91. The van der Waals surface area contributed by atoms with Crippen molar-refractivity contribution in [2.24, 2.45) is 11.1 Å². The fourth-order valence-electron chi connectivity index (χ4n) is 3.39. The smallest absolute Gasteiger partial charge is 0.257 e. The molecule has 2 N–H and O–H groups in total. The number of carbonyl (C=O) groups excluding carboxylic acids is 1. The molecule has 1 aliphatic carbocycles. The van der Waals surface area contributed by atoms with Crippen molar-refractivity contribution in [3.05, 3.63) is 40.7 Å². The summed E-state index contributed by atoms with van der Waals surface area (Å²) in [6.07, 6.45) is 1.08. The highest BCUT2D eigenvalue weighted by Crippen LogP contribution is 2.47. The predicted molar refractivity (Wildman–Crippen MR) is 83.9 cm³/mol. The van der Waals surface area contributed by atoms with Gasteiger partial charge < -0.3 is 10.5 Å². The van der Waals surface area contributed by atoms with Crippen molar-refractivity contribution in [1.82, 2.24) is 9.78 Å². The number of ether oxygens (including phenoxy) is 1. The molecule has 0 radical (unpaired) electrons. The Morgan fingerprint density at radius 2 is 2.24 bits per heavy atom. The van der Waals surface area contributed by atoms with Crippen molar-refractivity contribution in [3.63, 3.8) is 0 Å². The van der Waals surface area contributed by atoms with Crippen LogP contribution in [0, 0.1) is 16.7 Å². The van der Waals surface area contributed by atoms with E-state index in [4.69, 9.17) is 10.5 Å². The first-order valence-electron chi connectivity index (χ1n) is 7.86. The lowest BCUT2D eigenvalue weighted by Crippen LogP contribution is -2.33. The van der Waals surface area contributed by atoms with Crippen LogP contribution in [0.4, 0.5) is 8.78 Å². The molecule has 3 rings (SSSR count). The molecule has 8 heteroatoms. The highest BCUT2D eigenvalue weighted by atomic mass is 19.3. The van der Waals surface area contributed by atoms with E-state index >= 15 is 0 Å². The van der Waals surface area contributed by atoms with Crippen molar-refractivity contribution in [2.75, 3.05) is 0 Å². The van der Waals surface area contributed by atoms with Crippen LogP contribution >= 0.6 is 0 Å². The van der Waals surface area contributed by atoms with Gasteiger partial charge in [-0.05, 0) is 5.41 Å². The van der Waals surface area contributed by atoms with E-state index < -0.39 is 18.9 Å². The molecule has 0 spiro atoms. The highest BCUT2D eigenvalue weighted by molar-refractivity contribution is 6.00. The van der Waals surface area contributed by atoms with E-state index in [1.54, 1.807) is 0 Å². The predicted octanol–water partition coefficient (Wildman–Crippen LogP) is 2.60. The zero-order valence-electron chi connectivity index (χ0n) is 13.9.